The minimum atomic E-state index is -1.38. The van der Waals surface area contributed by atoms with Gasteiger partial charge in [0.2, 0.25) is 5.91 Å². The Kier molecular flexibility index (Phi) is 4.73. The van der Waals surface area contributed by atoms with E-state index in [1.807, 2.05) is 20.8 Å². The highest BCUT2D eigenvalue weighted by atomic mass is 32.2. The molecule has 0 saturated carbocycles. The molecule has 0 aliphatic carbocycles. The van der Waals surface area contributed by atoms with Gasteiger partial charge in [0.05, 0.1) is 22.0 Å². The molecule has 0 saturated heterocycles. The van der Waals surface area contributed by atoms with Crippen LogP contribution in [0.15, 0.2) is 21.6 Å². The molecule has 0 aromatic carbocycles. The first-order valence-corrected chi connectivity index (χ1v) is 7.26. The van der Waals surface area contributed by atoms with Crippen molar-refractivity contribution in [3.63, 3.8) is 0 Å². The molecule has 5 heteroatoms. The Morgan fingerprint density at radius 2 is 2.17 bits per heavy atom. The third-order valence-electron chi connectivity index (χ3n) is 3.06. The second kappa shape index (κ2) is 5.69. The van der Waals surface area contributed by atoms with Crippen LogP contribution >= 0.6 is 0 Å². The Labute approximate surface area is 111 Å². The molecule has 0 bridgehead atoms. The molecule has 1 aromatic rings. The summed E-state index contributed by atoms with van der Waals surface area (Å²) in [5.41, 5.74) is -0.277. The Morgan fingerprint density at radius 1 is 1.56 bits per heavy atom. The fourth-order valence-corrected chi connectivity index (χ4v) is 2.55. The van der Waals surface area contributed by atoms with Gasteiger partial charge in [-0.2, -0.15) is 0 Å². The topological polar surface area (TPSA) is 59.3 Å². The number of amides is 1. The molecule has 18 heavy (non-hydrogen) atoms. The van der Waals surface area contributed by atoms with Gasteiger partial charge in [-0.05, 0) is 40.2 Å². The predicted molar refractivity (Wildman–Crippen MR) is 71.8 cm³/mol. The van der Waals surface area contributed by atoms with Crippen LogP contribution in [0.1, 0.15) is 39.9 Å². The number of furan rings is 1. The summed E-state index contributed by atoms with van der Waals surface area (Å²) < 4.78 is 17.3. The maximum absolute atomic E-state index is 12.2. The lowest BCUT2D eigenvalue weighted by atomic mass is 10.0. The standard InChI is InChI=1S/C13H21NO3S/c1-6-13(4,5)14-12(15)10(3)18(16)11-7-8-17-9(11)2/h7-8,10H,6H2,1-5H3,(H,14,15)/t10-,18+/m0/s1. The van der Waals surface area contributed by atoms with E-state index in [-0.39, 0.29) is 11.4 Å². The van der Waals surface area contributed by atoms with Crippen molar-refractivity contribution in [3.8, 4) is 0 Å². The van der Waals surface area contributed by atoms with Crippen LogP contribution in [0.3, 0.4) is 0 Å². The number of hydrogen-bond acceptors (Lipinski definition) is 3. The lowest BCUT2D eigenvalue weighted by molar-refractivity contribution is -0.121. The van der Waals surface area contributed by atoms with Crippen LogP contribution in [0.25, 0.3) is 0 Å². The highest BCUT2D eigenvalue weighted by Crippen LogP contribution is 2.18. The summed E-state index contributed by atoms with van der Waals surface area (Å²) in [5.74, 6) is 0.406. The Hall–Kier alpha value is -1.10. The SMILES string of the molecule is CCC(C)(C)NC(=O)[C@H](C)[S@@](=O)c1ccoc1C. The van der Waals surface area contributed by atoms with E-state index in [0.717, 1.165) is 6.42 Å². The van der Waals surface area contributed by atoms with Gasteiger partial charge >= 0.3 is 0 Å². The van der Waals surface area contributed by atoms with Crippen molar-refractivity contribution in [3.05, 3.63) is 18.1 Å². The maximum atomic E-state index is 12.2. The quantitative estimate of drug-likeness (QED) is 0.894. The zero-order chi connectivity index (χ0) is 13.9. The third-order valence-corrected chi connectivity index (χ3v) is 4.78. The largest absolute Gasteiger partial charge is 0.468 e. The summed E-state index contributed by atoms with van der Waals surface area (Å²) in [5, 5.41) is 2.31. The van der Waals surface area contributed by atoms with Crippen molar-refractivity contribution in [1.82, 2.24) is 5.32 Å². The Morgan fingerprint density at radius 3 is 2.61 bits per heavy atom. The van der Waals surface area contributed by atoms with Gasteiger partial charge in [-0.1, -0.05) is 6.92 Å². The van der Waals surface area contributed by atoms with Crippen molar-refractivity contribution in [1.29, 1.82) is 0 Å². The Balaban J connectivity index is 2.76. The van der Waals surface area contributed by atoms with E-state index in [0.29, 0.717) is 10.7 Å². The molecule has 0 aliphatic rings. The van der Waals surface area contributed by atoms with Crippen LogP contribution in [0, 0.1) is 6.92 Å². The molecule has 4 nitrogen and oxygen atoms in total. The van der Waals surface area contributed by atoms with E-state index in [1.165, 1.54) is 6.26 Å². The second-order valence-corrected chi connectivity index (χ2v) is 6.75. The summed E-state index contributed by atoms with van der Waals surface area (Å²) in [6, 6.07) is 1.65. The van der Waals surface area contributed by atoms with Gasteiger partial charge in [0, 0.05) is 5.54 Å². The number of carbonyl (C=O) groups is 1. The van der Waals surface area contributed by atoms with Crippen molar-refractivity contribution >= 4 is 16.7 Å². The number of aryl methyl sites for hydroxylation is 1. The summed E-state index contributed by atoms with van der Waals surface area (Å²) in [6.07, 6.45) is 2.31. The first kappa shape index (κ1) is 15.0. The van der Waals surface area contributed by atoms with Gasteiger partial charge in [-0.3, -0.25) is 9.00 Å². The highest BCUT2D eigenvalue weighted by Gasteiger charge is 2.27. The molecule has 102 valence electrons. The zero-order valence-electron chi connectivity index (χ0n) is 11.6. The van der Waals surface area contributed by atoms with E-state index in [9.17, 15) is 9.00 Å². The minimum absolute atomic E-state index is 0.194. The zero-order valence-corrected chi connectivity index (χ0v) is 12.4. The van der Waals surface area contributed by atoms with Crippen LogP contribution in [0.2, 0.25) is 0 Å². The van der Waals surface area contributed by atoms with Gasteiger partial charge in [0.15, 0.2) is 0 Å². The summed E-state index contributed by atoms with van der Waals surface area (Å²) >= 11 is 0. The lowest BCUT2D eigenvalue weighted by Crippen LogP contribution is -2.47. The molecule has 1 rings (SSSR count). The van der Waals surface area contributed by atoms with E-state index in [2.05, 4.69) is 5.32 Å². The molecule has 1 amide bonds. The number of rotatable bonds is 5. The van der Waals surface area contributed by atoms with Crippen LogP contribution in [0.5, 0.6) is 0 Å². The molecular weight excluding hydrogens is 250 g/mol. The summed E-state index contributed by atoms with van der Waals surface area (Å²) in [6.45, 7) is 9.31. The average molecular weight is 271 g/mol. The first-order valence-electron chi connectivity index (χ1n) is 6.05. The highest BCUT2D eigenvalue weighted by molar-refractivity contribution is 7.86. The summed E-state index contributed by atoms with van der Waals surface area (Å²) in [7, 11) is -1.38. The third kappa shape index (κ3) is 3.45. The number of nitrogens with one attached hydrogen (secondary N) is 1. The van der Waals surface area contributed by atoms with Gasteiger partial charge < -0.3 is 9.73 Å². The van der Waals surface area contributed by atoms with Crippen LogP contribution in [-0.4, -0.2) is 20.9 Å². The lowest BCUT2D eigenvalue weighted by Gasteiger charge is -2.26. The fourth-order valence-electron chi connectivity index (χ4n) is 1.39. The van der Waals surface area contributed by atoms with Gasteiger partial charge in [0.25, 0.3) is 0 Å². The normalized spacial score (nSPS) is 15.2. The molecule has 0 radical (unpaired) electrons. The molecular formula is C13H21NO3S. The van der Waals surface area contributed by atoms with E-state index < -0.39 is 16.0 Å². The smallest absolute Gasteiger partial charge is 0.236 e. The molecule has 0 fully saturated rings. The van der Waals surface area contributed by atoms with Crippen molar-refractivity contribution in [2.45, 2.75) is 56.7 Å². The second-order valence-electron chi connectivity index (χ2n) is 5.01. The first-order chi connectivity index (χ1) is 8.28. The predicted octanol–water partition coefficient (Wildman–Crippen LogP) is 2.39. The van der Waals surface area contributed by atoms with Gasteiger partial charge in [-0.15, -0.1) is 0 Å². The van der Waals surface area contributed by atoms with E-state index in [4.69, 9.17) is 4.42 Å². The van der Waals surface area contributed by atoms with Crippen LogP contribution in [0.4, 0.5) is 0 Å². The van der Waals surface area contributed by atoms with Crippen molar-refractivity contribution in [2.24, 2.45) is 0 Å². The summed E-state index contributed by atoms with van der Waals surface area (Å²) in [4.78, 5) is 12.6. The molecule has 0 unspecified atom stereocenters. The van der Waals surface area contributed by atoms with Gasteiger partial charge in [0.1, 0.15) is 11.0 Å². The molecule has 1 heterocycles. The molecule has 1 aromatic heterocycles. The maximum Gasteiger partial charge on any atom is 0.236 e. The molecule has 2 atom stereocenters. The molecule has 0 spiro atoms. The van der Waals surface area contributed by atoms with Crippen LogP contribution < -0.4 is 5.32 Å². The fraction of sp³-hybridized carbons (Fsp3) is 0.615. The Bertz CT molecular complexity index is 451. The van der Waals surface area contributed by atoms with E-state index in [1.54, 1.807) is 19.9 Å². The van der Waals surface area contributed by atoms with Crippen molar-refractivity contribution in [2.75, 3.05) is 0 Å². The minimum Gasteiger partial charge on any atom is -0.468 e. The van der Waals surface area contributed by atoms with Crippen molar-refractivity contribution < 1.29 is 13.4 Å². The van der Waals surface area contributed by atoms with E-state index >= 15 is 0 Å². The number of carbonyl (C=O) groups excluding carboxylic acids is 1. The number of hydrogen-bond donors (Lipinski definition) is 1. The molecule has 0 aliphatic heterocycles. The average Bonchev–Trinajstić information content (AvgIpc) is 2.73. The van der Waals surface area contributed by atoms with Crippen LogP contribution in [-0.2, 0) is 15.6 Å². The monoisotopic (exact) mass is 271 g/mol. The molecule has 1 N–H and O–H groups in total. The van der Waals surface area contributed by atoms with Gasteiger partial charge in [-0.25, -0.2) is 0 Å².